The minimum Gasteiger partial charge on any atom is -0.229 e. The largest absolute Gasteiger partial charge is 0.416 e. The van der Waals surface area contributed by atoms with Gasteiger partial charge in [-0.05, 0) is 36.1 Å². The standard InChI is InChI=1S/C18H16F6O2S/c19-17(20,21)15-5-1-3-13(11-15)7-9-27(25,26)10-8-14-4-2-6-16(12-14)18(22,23)24/h1-6,11-12H,7-10H2. The topological polar surface area (TPSA) is 34.1 Å². The highest BCUT2D eigenvalue weighted by Crippen LogP contribution is 2.30. The summed E-state index contributed by atoms with van der Waals surface area (Å²) in [5.74, 6) is -0.763. The van der Waals surface area contributed by atoms with Crippen LogP contribution in [0.1, 0.15) is 22.3 Å². The van der Waals surface area contributed by atoms with Gasteiger partial charge < -0.3 is 0 Å². The van der Waals surface area contributed by atoms with Gasteiger partial charge in [-0.3, -0.25) is 0 Å². The molecule has 0 aliphatic rings. The van der Waals surface area contributed by atoms with Gasteiger partial charge in [0.15, 0.2) is 9.84 Å². The lowest BCUT2D eigenvalue weighted by Gasteiger charge is -2.10. The zero-order valence-electron chi connectivity index (χ0n) is 13.9. The molecular formula is C18H16F6O2S. The van der Waals surface area contributed by atoms with Crippen molar-refractivity contribution in [3.63, 3.8) is 0 Å². The van der Waals surface area contributed by atoms with Crippen LogP contribution in [0.2, 0.25) is 0 Å². The van der Waals surface area contributed by atoms with Crippen molar-refractivity contribution >= 4 is 9.84 Å². The molecule has 27 heavy (non-hydrogen) atoms. The highest BCUT2D eigenvalue weighted by Gasteiger charge is 2.31. The van der Waals surface area contributed by atoms with E-state index in [-0.39, 0.29) is 35.5 Å². The Morgan fingerprint density at radius 3 is 1.37 bits per heavy atom. The number of alkyl halides is 6. The molecular weight excluding hydrogens is 394 g/mol. The predicted molar refractivity (Wildman–Crippen MR) is 88.9 cm³/mol. The third kappa shape index (κ3) is 6.57. The molecule has 0 spiro atoms. The Bertz CT molecular complexity index is 818. The quantitative estimate of drug-likeness (QED) is 0.634. The smallest absolute Gasteiger partial charge is 0.229 e. The zero-order valence-corrected chi connectivity index (χ0v) is 14.8. The molecule has 0 heterocycles. The molecule has 0 aromatic heterocycles. The second-order valence-corrected chi connectivity index (χ2v) is 8.35. The molecule has 0 saturated carbocycles. The zero-order chi connectivity index (χ0) is 20.3. The van der Waals surface area contributed by atoms with Crippen molar-refractivity contribution in [1.82, 2.24) is 0 Å². The van der Waals surface area contributed by atoms with E-state index in [4.69, 9.17) is 0 Å². The van der Waals surface area contributed by atoms with Gasteiger partial charge in [0.25, 0.3) is 0 Å². The summed E-state index contributed by atoms with van der Waals surface area (Å²) in [6.45, 7) is 0. The van der Waals surface area contributed by atoms with Crippen LogP contribution in [-0.4, -0.2) is 19.9 Å². The summed E-state index contributed by atoms with van der Waals surface area (Å²) >= 11 is 0. The van der Waals surface area contributed by atoms with Gasteiger partial charge in [0.2, 0.25) is 0 Å². The first-order chi connectivity index (χ1) is 12.4. The van der Waals surface area contributed by atoms with Crippen LogP contribution in [-0.2, 0) is 35.0 Å². The molecule has 2 rings (SSSR count). The van der Waals surface area contributed by atoms with Crippen molar-refractivity contribution in [3.8, 4) is 0 Å². The third-order valence-electron chi connectivity index (χ3n) is 3.91. The van der Waals surface area contributed by atoms with Gasteiger partial charge in [-0.15, -0.1) is 0 Å². The van der Waals surface area contributed by atoms with Crippen molar-refractivity contribution in [3.05, 3.63) is 70.8 Å². The van der Waals surface area contributed by atoms with E-state index in [1.54, 1.807) is 0 Å². The van der Waals surface area contributed by atoms with Crippen molar-refractivity contribution < 1.29 is 34.8 Å². The van der Waals surface area contributed by atoms with Crippen LogP contribution in [0.25, 0.3) is 0 Å². The third-order valence-corrected chi connectivity index (χ3v) is 5.56. The van der Waals surface area contributed by atoms with Gasteiger partial charge in [0.1, 0.15) is 0 Å². The molecule has 0 amide bonds. The molecule has 148 valence electrons. The fourth-order valence-corrected chi connectivity index (χ4v) is 3.75. The number of halogens is 6. The van der Waals surface area contributed by atoms with Gasteiger partial charge in [-0.2, -0.15) is 26.3 Å². The molecule has 0 bridgehead atoms. The van der Waals surface area contributed by atoms with Crippen LogP contribution in [0.5, 0.6) is 0 Å². The molecule has 0 N–H and O–H groups in total. The van der Waals surface area contributed by atoms with Gasteiger partial charge in [-0.25, -0.2) is 8.42 Å². The molecule has 0 fully saturated rings. The first-order valence-corrected chi connectivity index (χ1v) is 9.72. The maximum atomic E-state index is 12.7. The Morgan fingerprint density at radius 2 is 1.04 bits per heavy atom. The van der Waals surface area contributed by atoms with E-state index in [0.29, 0.717) is 0 Å². The second kappa shape index (κ2) is 7.92. The number of hydrogen-bond donors (Lipinski definition) is 0. The summed E-state index contributed by atoms with van der Waals surface area (Å²) in [4.78, 5) is 0. The Hall–Kier alpha value is -2.03. The first kappa shape index (κ1) is 21.3. The van der Waals surface area contributed by atoms with Crippen LogP contribution in [0.4, 0.5) is 26.3 Å². The highest BCUT2D eigenvalue weighted by molar-refractivity contribution is 7.91. The second-order valence-electron chi connectivity index (χ2n) is 6.05. The maximum absolute atomic E-state index is 12.7. The fraction of sp³-hybridized carbons (Fsp3) is 0.333. The number of aryl methyl sites for hydroxylation is 2. The van der Waals surface area contributed by atoms with E-state index in [2.05, 4.69) is 0 Å². The molecule has 0 radical (unpaired) electrons. The van der Waals surface area contributed by atoms with Crippen molar-refractivity contribution in [2.45, 2.75) is 25.2 Å². The molecule has 2 aromatic rings. The van der Waals surface area contributed by atoms with E-state index in [1.165, 1.54) is 24.3 Å². The normalized spacial score (nSPS) is 13.0. The minimum atomic E-state index is -4.52. The number of benzene rings is 2. The van der Waals surface area contributed by atoms with Crippen molar-refractivity contribution in [2.75, 3.05) is 11.5 Å². The van der Waals surface area contributed by atoms with E-state index >= 15 is 0 Å². The van der Waals surface area contributed by atoms with E-state index in [0.717, 1.165) is 24.3 Å². The summed E-state index contributed by atoms with van der Waals surface area (Å²) in [6.07, 6.45) is -9.24. The monoisotopic (exact) mass is 410 g/mol. The van der Waals surface area contributed by atoms with E-state index in [9.17, 15) is 34.8 Å². The lowest BCUT2D eigenvalue weighted by molar-refractivity contribution is -0.138. The van der Waals surface area contributed by atoms with Crippen molar-refractivity contribution in [2.24, 2.45) is 0 Å². The summed E-state index contributed by atoms with van der Waals surface area (Å²) in [5, 5.41) is 0. The van der Waals surface area contributed by atoms with Gasteiger partial charge >= 0.3 is 12.4 Å². The number of sulfone groups is 1. The molecule has 0 aliphatic carbocycles. The number of hydrogen-bond acceptors (Lipinski definition) is 2. The summed E-state index contributed by atoms with van der Waals surface area (Å²) in [6, 6.07) is 8.78. The van der Waals surface area contributed by atoms with Crippen LogP contribution < -0.4 is 0 Å². The molecule has 0 saturated heterocycles. The molecule has 0 atom stereocenters. The first-order valence-electron chi connectivity index (χ1n) is 7.89. The van der Waals surface area contributed by atoms with Gasteiger partial charge in [-0.1, -0.05) is 36.4 Å². The maximum Gasteiger partial charge on any atom is 0.416 e. The molecule has 9 heteroatoms. The lowest BCUT2D eigenvalue weighted by atomic mass is 10.1. The van der Waals surface area contributed by atoms with E-state index < -0.39 is 33.3 Å². The fourth-order valence-electron chi connectivity index (χ4n) is 2.46. The Kier molecular flexibility index (Phi) is 6.24. The number of rotatable bonds is 6. The van der Waals surface area contributed by atoms with Crippen LogP contribution in [0.3, 0.4) is 0 Å². The molecule has 2 aromatic carbocycles. The van der Waals surface area contributed by atoms with Crippen LogP contribution >= 0.6 is 0 Å². The highest BCUT2D eigenvalue weighted by atomic mass is 32.2. The Balaban J connectivity index is 1.98. The van der Waals surface area contributed by atoms with Crippen LogP contribution in [0, 0.1) is 0 Å². The molecule has 2 nitrogen and oxygen atoms in total. The van der Waals surface area contributed by atoms with Gasteiger partial charge in [0.05, 0.1) is 22.6 Å². The average molecular weight is 410 g/mol. The Labute approximate surface area is 152 Å². The lowest BCUT2D eigenvalue weighted by Crippen LogP contribution is -2.15. The summed E-state index contributed by atoms with van der Waals surface area (Å²) < 4.78 is 100. The molecule has 0 aliphatic heterocycles. The van der Waals surface area contributed by atoms with Gasteiger partial charge in [0, 0.05) is 0 Å². The summed E-state index contributed by atoms with van der Waals surface area (Å²) in [7, 11) is -3.64. The molecule has 0 unspecified atom stereocenters. The SMILES string of the molecule is O=S(=O)(CCc1cccc(C(F)(F)F)c1)CCc1cccc(C(F)(F)F)c1. The average Bonchev–Trinajstić information content (AvgIpc) is 2.58. The van der Waals surface area contributed by atoms with Crippen molar-refractivity contribution in [1.29, 1.82) is 0 Å². The minimum absolute atomic E-state index is 0.102. The predicted octanol–water partition coefficient (Wildman–Crippen LogP) is 4.92. The summed E-state index contributed by atoms with van der Waals surface area (Å²) in [5.41, 5.74) is -1.26. The van der Waals surface area contributed by atoms with Crippen LogP contribution in [0.15, 0.2) is 48.5 Å². The Morgan fingerprint density at radius 1 is 0.667 bits per heavy atom. The van der Waals surface area contributed by atoms with E-state index in [1.807, 2.05) is 0 Å².